The zero-order valence-electron chi connectivity index (χ0n) is 22.9. The highest BCUT2D eigenvalue weighted by Gasteiger charge is 2.32. The number of benzene rings is 2. The van der Waals surface area contributed by atoms with Crippen molar-refractivity contribution in [2.75, 3.05) is 34.0 Å². The summed E-state index contributed by atoms with van der Waals surface area (Å²) < 4.78 is 28.3. The molecule has 0 saturated heterocycles. The summed E-state index contributed by atoms with van der Waals surface area (Å²) in [7, 11) is 2.79. The largest absolute Gasteiger partial charge is 0.493 e. The van der Waals surface area contributed by atoms with E-state index in [0.29, 0.717) is 46.4 Å². The number of allylic oxidation sites excluding steroid dienone is 1. The zero-order chi connectivity index (χ0) is 29.9. The van der Waals surface area contributed by atoms with Gasteiger partial charge in [-0.05, 0) is 66.3 Å². The normalized spacial score (nSPS) is 15.3. The molecule has 2 amide bonds. The number of carbonyl (C=O) groups excluding carboxylic acids is 2. The lowest BCUT2D eigenvalue weighted by atomic mass is 9.95. The van der Waals surface area contributed by atoms with E-state index in [1.165, 1.54) is 20.4 Å². The van der Waals surface area contributed by atoms with Gasteiger partial charge >= 0.3 is 12.0 Å². The highest BCUT2D eigenvalue weighted by Crippen LogP contribution is 2.35. The van der Waals surface area contributed by atoms with Gasteiger partial charge < -0.3 is 39.4 Å². The van der Waals surface area contributed by atoms with Gasteiger partial charge in [0.2, 0.25) is 0 Å². The molecule has 0 radical (unpaired) electrons. The van der Waals surface area contributed by atoms with E-state index in [1.807, 2.05) is 6.07 Å². The third-order valence-corrected chi connectivity index (χ3v) is 6.29. The van der Waals surface area contributed by atoms with Gasteiger partial charge in [-0.3, -0.25) is 5.43 Å². The van der Waals surface area contributed by atoms with Crippen LogP contribution < -0.4 is 35.0 Å². The van der Waals surface area contributed by atoms with E-state index in [9.17, 15) is 14.7 Å². The second kappa shape index (κ2) is 15.0. The molecule has 218 valence electrons. The molecule has 0 aromatic heterocycles. The van der Waals surface area contributed by atoms with Gasteiger partial charge in [-0.1, -0.05) is 12.0 Å². The number of aliphatic hydroxyl groups excluding tert-OH is 1. The minimum atomic E-state index is -1.18. The van der Waals surface area contributed by atoms with Crippen molar-refractivity contribution < 1.29 is 38.4 Å². The fourth-order valence-corrected chi connectivity index (χ4v) is 4.54. The summed E-state index contributed by atoms with van der Waals surface area (Å²) in [5.74, 6) is 3.46. The topological polar surface area (TPSA) is 149 Å². The van der Waals surface area contributed by atoms with Crippen LogP contribution in [0.1, 0.15) is 31.0 Å². The summed E-state index contributed by atoms with van der Waals surface area (Å²) in [6.45, 7) is 3.62. The molecule has 1 heterocycles. The number of ether oxygens (including phenoxy) is 5. The Morgan fingerprint density at radius 1 is 1.22 bits per heavy atom. The number of amides is 2. The highest BCUT2D eigenvalue weighted by molar-refractivity contribution is 14.1. The van der Waals surface area contributed by atoms with Gasteiger partial charge in [0.25, 0.3) is 0 Å². The SMILES string of the molecule is C#CCOc1c(/C=N/N[C@H](O)COc2ccc([C@H]3NC(=O)NC(C)=C3C(=O)OC)cc2OCC)cc(I)cc1OC. The van der Waals surface area contributed by atoms with Crippen LogP contribution in [0.3, 0.4) is 0 Å². The smallest absolute Gasteiger partial charge is 0.337 e. The van der Waals surface area contributed by atoms with Crippen LogP contribution in [0.25, 0.3) is 0 Å². The van der Waals surface area contributed by atoms with E-state index in [-0.39, 0.29) is 18.8 Å². The molecule has 41 heavy (non-hydrogen) atoms. The molecule has 1 aliphatic rings. The molecule has 4 N–H and O–H groups in total. The molecule has 0 bridgehead atoms. The Morgan fingerprint density at radius 2 is 2.00 bits per heavy atom. The van der Waals surface area contributed by atoms with Crippen molar-refractivity contribution >= 4 is 40.8 Å². The first-order valence-electron chi connectivity index (χ1n) is 12.4. The van der Waals surface area contributed by atoms with Crippen molar-refractivity contribution in [3.8, 4) is 35.3 Å². The monoisotopic (exact) mass is 678 g/mol. The van der Waals surface area contributed by atoms with Crippen molar-refractivity contribution in [1.29, 1.82) is 0 Å². The molecule has 0 fully saturated rings. The maximum Gasteiger partial charge on any atom is 0.337 e. The number of aliphatic hydroxyl groups is 1. The van der Waals surface area contributed by atoms with E-state index < -0.39 is 24.3 Å². The number of terminal acetylenes is 1. The maximum atomic E-state index is 12.4. The molecule has 12 nitrogen and oxygen atoms in total. The minimum absolute atomic E-state index is 0.0482. The van der Waals surface area contributed by atoms with Crippen LogP contribution in [0.15, 0.2) is 46.7 Å². The van der Waals surface area contributed by atoms with Gasteiger partial charge in [-0.2, -0.15) is 5.10 Å². The molecule has 13 heteroatoms. The lowest BCUT2D eigenvalue weighted by Gasteiger charge is -2.28. The number of esters is 1. The Morgan fingerprint density at radius 3 is 2.68 bits per heavy atom. The fourth-order valence-electron chi connectivity index (χ4n) is 3.92. The third kappa shape index (κ3) is 8.18. The van der Waals surface area contributed by atoms with Gasteiger partial charge in [0.05, 0.1) is 38.7 Å². The Bertz CT molecular complexity index is 1370. The summed E-state index contributed by atoms with van der Waals surface area (Å²) in [5.41, 5.74) is 4.42. The molecule has 3 rings (SSSR count). The van der Waals surface area contributed by atoms with Crippen molar-refractivity contribution in [2.45, 2.75) is 26.1 Å². The van der Waals surface area contributed by atoms with Gasteiger partial charge in [0.15, 0.2) is 29.2 Å². The van der Waals surface area contributed by atoms with Crippen LogP contribution >= 0.6 is 22.6 Å². The Kier molecular flexibility index (Phi) is 11.5. The van der Waals surface area contributed by atoms with Crippen LogP contribution in [0.5, 0.6) is 23.0 Å². The number of urea groups is 1. The summed E-state index contributed by atoms with van der Waals surface area (Å²) >= 11 is 2.14. The number of rotatable bonds is 13. The standard InChI is InChI=1S/C28H31IN4O8/c1-6-10-40-26-18(11-19(29)13-22(26)37-4)14-30-33-23(34)15-41-20-9-8-17(12-21(20)39-7-2)25-24(27(35)38-5)16(3)31-28(36)32-25/h1,8-9,11-14,23,25,33-34H,7,10,15H2,2-5H3,(H2,31,32,36)/b30-14+/t23-,25-/m1/s1. The molecule has 2 aromatic carbocycles. The number of hydrogen-bond acceptors (Lipinski definition) is 10. The first-order chi connectivity index (χ1) is 19.7. The molecule has 0 unspecified atom stereocenters. The van der Waals surface area contributed by atoms with Crippen molar-refractivity contribution in [3.63, 3.8) is 0 Å². The fraction of sp³-hybridized carbons (Fsp3) is 0.321. The molecule has 2 atom stereocenters. The number of hydrogen-bond donors (Lipinski definition) is 4. The second-order valence-corrected chi connectivity index (χ2v) is 9.68. The third-order valence-electron chi connectivity index (χ3n) is 5.67. The summed E-state index contributed by atoms with van der Waals surface area (Å²) in [5, 5.41) is 19.8. The zero-order valence-corrected chi connectivity index (χ0v) is 25.1. The Hall–Kier alpha value is -4.16. The molecule has 2 aromatic rings. The lowest BCUT2D eigenvalue weighted by molar-refractivity contribution is -0.136. The highest BCUT2D eigenvalue weighted by atomic mass is 127. The van der Waals surface area contributed by atoms with Crippen LogP contribution in [0.4, 0.5) is 4.79 Å². The molecule has 0 saturated carbocycles. The maximum absolute atomic E-state index is 12.4. The minimum Gasteiger partial charge on any atom is -0.493 e. The molecule has 1 aliphatic heterocycles. The number of hydrazone groups is 1. The number of carbonyl (C=O) groups is 2. The average molecular weight is 678 g/mol. The van der Waals surface area contributed by atoms with E-state index >= 15 is 0 Å². The van der Waals surface area contributed by atoms with E-state index in [4.69, 9.17) is 30.1 Å². The Balaban J connectivity index is 1.73. The van der Waals surface area contributed by atoms with Crippen molar-refractivity contribution in [3.05, 3.63) is 56.3 Å². The molecular weight excluding hydrogens is 647 g/mol. The van der Waals surface area contributed by atoms with E-state index in [2.05, 4.69) is 49.7 Å². The summed E-state index contributed by atoms with van der Waals surface area (Å²) in [6.07, 6.45) is 5.61. The van der Waals surface area contributed by atoms with Crippen molar-refractivity contribution in [2.24, 2.45) is 5.10 Å². The number of nitrogens with zero attached hydrogens (tertiary/aromatic N) is 1. The Labute approximate surface area is 251 Å². The predicted molar refractivity (Wildman–Crippen MR) is 159 cm³/mol. The number of halogens is 1. The predicted octanol–water partition coefficient (Wildman–Crippen LogP) is 2.83. The first-order valence-corrected chi connectivity index (χ1v) is 13.5. The molecule has 0 aliphatic carbocycles. The van der Waals surface area contributed by atoms with Gasteiger partial charge in [0.1, 0.15) is 13.2 Å². The van der Waals surface area contributed by atoms with Crippen LogP contribution in [-0.2, 0) is 9.53 Å². The molecular formula is C28H31IN4O8. The van der Waals surface area contributed by atoms with Crippen LogP contribution in [-0.4, -0.2) is 63.6 Å². The number of methoxy groups -OCH3 is 2. The summed E-state index contributed by atoms with van der Waals surface area (Å²) in [6, 6.07) is 7.38. The van der Waals surface area contributed by atoms with E-state index in [1.54, 1.807) is 38.1 Å². The van der Waals surface area contributed by atoms with Crippen LogP contribution in [0, 0.1) is 15.9 Å². The van der Waals surface area contributed by atoms with Gasteiger partial charge in [0, 0.05) is 14.8 Å². The molecule has 0 spiro atoms. The van der Waals surface area contributed by atoms with Crippen LogP contribution in [0.2, 0.25) is 0 Å². The van der Waals surface area contributed by atoms with E-state index in [0.717, 1.165) is 3.57 Å². The first kappa shape index (κ1) is 31.4. The second-order valence-electron chi connectivity index (χ2n) is 8.43. The quantitative estimate of drug-likeness (QED) is 0.0627. The number of nitrogens with one attached hydrogen (secondary N) is 3. The van der Waals surface area contributed by atoms with Gasteiger partial charge in [-0.15, -0.1) is 6.42 Å². The average Bonchev–Trinajstić information content (AvgIpc) is 2.95. The summed E-state index contributed by atoms with van der Waals surface area (Å²) in [4.78, 5) is 24.5. The van der Waals surface area contributed by atoms with Gasteiger partial charge in [-0.25, -0.2) is 9.59 Å². The lowest BCUT2D eigenvalue weighted by Crippen LogP contribution is -2.45. The van der Waals surface area contributed by atoms with Crippen molar-refractivity contribution in [1.82, 2.24) is 16.1 Å².